The Balaban J connectivity index is 2.30. The quantitative estimate of drug-likeness (QED) is 0.769. The fraction of sp³-hybridized carbons (Fsp3) is 0.500. The molecular weight excluding hydrogens is 297 g/mol. The molecular formula is C14H17BrFNO. The SMILES string of the molecule is Cc1cc(C(=O)N2CCCCC2C)c(F)cc1Br. The van der Waals surface area contributed by atoms with E-state index in [9.17, 15) is 9.18 Å². The Morgan fingerprint density at radius 1 is 1.44 bits per heavy atom. The topological polar surface area (TPSA) is 20.3 Å². The van der Waals surface area contributed by atoms with Crippen molar-refractivity contribution in [2.75, 3.05) is 6.54 Å². The third-order valence-corrected chi connectivity index (χ3v) is 4.40. The maximum Gasteiger partial charge on any atom is 0.257 e. The molecule has 18 heavy (non-hydrogen) atoms. The summed E-state index contributed by atoms with van der Waals surface area (Å²) in [6.07, 6.45) is 3.16. The van der Waals surface area contributed by atoms with Crippen LogP contribution in [0.15, 0.2) is 16.6 Å². The fourth-order valence-corrected chi connectivity index (χ4v) is 2.69. The zero-order valence-electron chi connectivity index (χ0n) is 10.7. The Bertz CT molecular complexity index is 475. The first-order chi connectivity index (χ1) is 8.50. The first kappa shape index (κ1) is 13.5. The lowest BCUT2D eigenvalue weighted by Gasteiger charge is -2.33. The predicted octanol–water partition coefficient (Wildman–Crippen LogP) is 3.91. The number of aryl methyl sites for hydroxylation is 1. The zero-order chi connectivity index (χ0) is 13.3. The summed E-state index contributed by atoms with van der Waals surface area (Å²) in [7, 11) is 0. The number of benzene rings is 1. The van der Waals surface area contributed by atoms with E-state index in [-0.39, 0.29) is 17.5 Å². The van der Waals surface area contributed by atoms with Crippen molar-refractivity contribution in [2.24, 2.45) is 0 Å². The monoisotopic (exact) mass is 313 g/mol. The molecule has 1 aromatic carbocycles. The van der Waals surface area contributed by atoms with E-state index in [4.69, 9.17) is 0 Å². The zero-order valence-corrected chi connectivity index (χ0v) is 12.3. The highest BCUT2D eigenvalue weighted by molar-refractivity contribution is 9.10. The number of piperidine rings is 1. The van der Waals surface area contributed by atoms with Gasteiger partial charge in [0.05, 0.1) is 5.56 Å². The van der Waals surface area contributed by atoms with Crippen LogP contribution in [0.2, 0.25) is 0 Å². The van der Waals surface area contributed by atoms with Gasteiger partial charge in [-0.2, -0.15) is 0 Å². The third kappa shape index (κ3) is 2.58. The molecule has 0 aliphatic carbocycles. The van der Waals surface area contributed by atoms with Gasteiger partial charge in [0, 0.05) is 17.1 Å². The number of amides is 1. The van der Waals surface area contributed by atoms with E-state index in [2.05, 4.69) is 15.9 Å². The molecule has 1 atom stereocenters. The van der Waals surface area contributed by atoms with Crippen molar-refractivity contribution < 1.29 is 9.18 Å². The Hall–Kier alpha value is -0.900. The molecule has 1 aliphatic heterocycles. The van der Waals surface area contributed by atoms with Crippen molar-refractivity contribution in [1.82, 2.24) is 4.90 Å². The summed E-state index contributed by atoms with van der Waals surface area (Å²) in [5, 5.41) is 0. The number of nitrogens with zero attached hydrogens (tertiary/aromatic N) is 1. The molecule has 0 bridgehead atoms. The van der Waals surface area contributed by atoms with Crippen molar-refractivity contribution in [3.05, 3.63) is 33.5 Å². The molecule has 1 unspecified atom stereocenters. The Morgan fingerprint density at radius 2 is 2.17 bits per heavy atom. The van der Waals surface area contributed by atoms with Gasteiger partial charge in [-0.3, -0.25) is 4.79 Å². The minimum atomic E-state index is -0.449. The lowest BCUT2D eigenvalue weighted by Crippen LogP contribution is -2.42. The minimum Gasteiger partial charge on any atom is -0.336 e. The smallest absolute Gasteiger partial charge is 0.257 e. The highest BCUT2D eigenvalue weighted by Gasteiger charge is 2.26. The van der Waals surface area contributed by atoms with Crippen LogP contribution in [0.5, 0.6) is 0 Å². The van der Waals surface area contributed by atoms with E-state index < -0.39 is 5.82 Å². The Kier molecular flexibility index (Phi) is 4.05. The molecule has 1 saturated heterocycles. The average Bonchev–Trinajstić information content (AvgIpc) is 2.33. The van der Waals surface area contributed by atoms with Crippen molar-refractivity contribution in [2.45, 2.75) is 39.2 Å². The molecule has 0 spiro atoms. The van der Waals surface area contributed by atoms with E-state index in [1.807, 2.05) is 13.8 Å². The van der Waals surface area contributed by atoms with Gasteiger partial charge in [-0.15, -0.1) is 0 Å². The van der Waals surface area contributed by atoms with Crippen molar-refractivity contribution in [3.63, 3.8) is 0 Å². The standard InChI is InChI=1S/C14H17BrFNO/c1-9-7-11(13(16)8-12(9)15)14(18)17-6-4-3-5-10(17)2/h7-8,10H,3-6H2,1-2H3. The molecule has 1 aromatic rings. The second-order valence-corrected chi connectivity index (χ2v) is 5.78. The van der Waals surface area contributed by atoms with Crippen molar-refractivity contribution in [3.8, 4) is 0 Å². The Morgan fingerprint density at radius 3 is 2.83 bits per heavy atom. The van der Waals surface area contributed by atoms with Crippen LogP contribution in [-0.4, -0.2) is 23.4 Å². The first-order valence-corrected chi connectivity index (χ1v) is 7.06. The number of rotatable bonds is 1. The second-order valence-electron chi connectivity index (χ2n) is 4.92. The van der Waals surface area contributed by atoms with Crippen LogP contribution in [0.1, 0.15) is 42.1 Å². The van der Waals surface area contributed by atoms with Gasteiger partial charge in [0.25, 0.3) is 5.91 Å². The molecule has 1 fully saturated rings. The largest absolute Gasteiger partial charge is 0.336 e. The van der Waals surface area contributed by atoms with Gasteiger partial charge in [-0.25, -0.2) is 4.39 Å². The van der Waals surface area contributed by atoms with Crippen molar-refractivity contribution >= 4 is 21.8 Å². The van der Waals surface area contributed by atoms with Gasteiger partial charge in [0.2, 0.25) is 0 Å². The molecule has 0 radical (unpaired) electrons. The normalized spacial score (nSPS) is 20.0. The lowest BCUT2D eigenvalue weighted by molar-refractivity contribution is 0.0630. The van der Waals surface area contributed by atoms with E-state index in [1.54, 1.807) is 11.0 Å². The number of likely N-dealkylation sites (tertiary alicyclic amines) is 1. The Labute approximate surface area is 115 Å². The summed E-state index contributed by atoms with van der Waals surface area (Å²) in [6, 6.07) is 3.20. The van der Waals surface area contributed by atoms with E-state index in [1.165, 1.54) is 6.07 Å². The van der Waals surface area contributed by atoms with E-state index >= 15 is 0 Å². The highest BCUT2D eigenvalue weighted by Crippen LogP contribution is 2.24. The van der Waals surface area contributed by atoms with E-state index in [0.717, 1.165) is 31.4 Å². The van der Waals surface area contributed by atoms with Crippen LogP contribution >= 0.6 is 15.9 Å². The molecule has 98 valence electrons. The van der Waals surface area contributed by atoms with Crippen LogP contribution in [0.3, 0.4) is 0 Å². The van der Waals surface area contributed by atoms with Crippen LogP contribution in [0.25, 0.3) is 0 Å². The molecule has 2 rings (SSSR count). The van der Waals surface area contributed by atoms with Crippen LogP contribution in [-0.2, 0) is 0 Å². The molecule has 1 aliphatic rings. The first-order valence-electron chi connectivity index (χ1n) is 6.27. The highest BCUT2D eigenvalue weighted by atomic mass is 79.9. The molecule has 0 saturated carbocycles. The molecule has 0 N–H and O–H groups in total. The number of carbonyl (C=O) groups excluding carboxylic acids is 1. The number of carbonyl (C=O) groups is 1. The third-order valence-electron chi connectivity index (χ3n) is 3.54. The minimum absolute atomic E-state index is 0.185. The summed E-state index contributed by atoms with van der Waals surface area (Å²) in [5.74, 6) is -0.634. The molecule has 1 heterocycles. The van der Waals surface area contributed by atoms with Crippen LogP contribution in [0.4, 0.5) is 4.39 Å². The summed E-state index contributed by atoms with van der Waals surface area (Å²) in [5.41, 5.74) is 1.06. The van der Waals surface area contributed by atoms with Crippen molar-refractivity contribution in [1.29, 1.82) is 0 Å². The maximum atomic E-state index is 13.9. The molecule has 4 heteroatoms. The predicted molar refractivity (Wildman–Crippen MR) is 73.2 cm³/mol. The molecule has 2 nitrogen and oxygen atoms in total. The van der Waals surface area contributed by atoms with Gasteiger partial charge in [0.1, 0.15) is 5.82 Å². The van der Waals surface area contributed by atoms with Crippen LogP contribution in [0, 0.1) is 12.7 Å². The van der Waals surface area contributed by atoms with Gasteiger partial charge in [0.15, 0.2) is 0 Å². The summed E-state index contributed by atoms with van der Waals surface area (Å²) in [6.45, 7) is 4.62. The summed E-state index contributed by atoms with van der Waals surface area (Å²) in [4.78, 5) is 14.2. The van der Waals surface area contributed by atoms with Gasteiger partial charge >= 0.3 is 0 Å². The fourth-order valence-electron chi connectivity index (χ4n) is 2.38. The number of halogens is 2. The number of hydrogen-bond donors (Lipinski definition) is 0. The van der Waals surface area contributed by atoms with Gasteiger partial charge in [-0.05, 0) is 50.8 Å². The van der Waals surface area contributed by atoms with Gasteiger partial charge in [-0.1, -0.05) is 15.9 Å². The molecule has 0 aromatic heterocycles. The van der Waals surface area contributed by atoms with E-state index in [0.29, 0.717) is 4.47 Å². The summed E-state index contributed by atoms with van der Waals surface area (Å²) < 4.78 is 14.6. The summed E-state index contributed by atoms with van der Waals surface area (Å²) >= 11 is 3.27. The molecule has 1 amide bonds. The van der Waals surface area contributed by atoms with Crippen LogP contribution < -0.4 is 0 Å². The van der Waals surface area contributed by atoms with Gasteiger partial charge < -0.3 is 4.90 Å². The lowest BCUT2D eigenvalue weighted by atomic mass is 10.0. The maximum absolute atomic E-state index is 13.9. The second kappa shape index (κ2) is 5.39. The average molecular weight is 314 g/mol. The number of hydrogen-bond acceptors (Lipinski definition) is 1.